The molecule has 0 aliphatic heterocycles. The Hall–Kier alpha value is -2.41. The lowest BCUT2D eigenvalue weighted by Crippen LogP contribution is -2.43. The fraction of sp³-hybridized carbons (Fsp3) is 0.519. The highest BCUT2D eigenvalue weighted by Gasteiger charge is 2.34. The first-order valence-corrected chi connectivity index (χ1v) is 13.9. The summed E-state index contributed by atoms with van der Waals surface area (Å²) in [6.45, 7) is 4.88. The molecule has 5 nitrogen and oxygen atoms in total. The minimum atomic E-state index is -3.69. The van der Waals surface area contributed by atoms with Crippen LogP contribution >= 0.6 is 0 Å². The van der Waals surface area contributed by atoms with Gasteiger partial charge in [-0.25, -0.2) is 12.8 Å². The number of carbonyl (C=O) groups is 1. The van der Waals surface area contributed by atoms with Crippen LogP contribution in [0, 0.1) is 5.82 Å². The van der Waals surface area contributed by atoms with Gasteiger partial charge < -0.3 is 4.74 Å². The molecule has 1 amide bonds. The molecule has 0 heterocycles. The molecule has 2 aromatic rings. The van der Waals surface area contributed by atoms with Gasteiger partial charge in [-0.05, 0) is 100 Å². The molecule has 0 spiro atoms. The summed E-state index contributed by atoms with van der Waals surface area (Å²) in [6.07, 6.45) is 7.35. The molecule has 0 bridgehead atoms. The Kier molecular flexibility index (Phi) is 7.04. The number of amides is 1. The Balaban J connectivity index is 1.80. The molecule has 0 saturated heterocycles. The van der Waals surface area contributed by atoms with Crippen LogP contribution in [0.5, 0.6) is 5.75 Å². The zero-order chi connectivity index (χ0) is 24.5. The SMILES string of the molecule is CCS(=O)(=O)NC(=O)C(C)(C)c1ccc(OC2CCCC2)c(-c2cccc(F)c2C2CCC2)c1. The summed E-state index contributed by atoms with van der Waals surface area (Å²) in [6, 6.07) is 10.7. The maximum absolute atomic E-state index is 15.1. The van der Waals surface area contributed by atoms with Gasteiger partial charge in [-0.2, -0.15) is 0 Å². The third-order valence-corrected chi connectivity index (χ3v) is 8.61. The Morgan fingerprint density at radius 1 is 1.06 bits per heavy atom. The van der Waals surface area contributed by atoms with Gasteiger partial charge in [0.05, 0.1) is 17.3 Å². The van der Waals surface area contributed by atoms with Gasteiger partial charge in [0.15, 0.2) is 0 Å². The van der Waals surface area contributed by atoms with Crippen molar-refractivity contribution >= 4 is 15.9 Å². The van der Waals surface area contributed by atoms with Crippen LogP contribution < -0.4 is 9.46 Å². The molecule has 0 atom stereocenters. The largest absolute Gasteiger partial charge is 0.490 e. The number of hydrogen-bond donors (Lipinski definition) is 1. The summed E-state index contributed by atoms with van der Waals surface area (Å²) in [4.78, 5) is 13.0. The van der Waals surface area contributed by atoms with Gasteiger partial charge in [-0.1, -0.05) is 24.6 Å². The van der Waals surface area contributed by atoms with Crippen LogP contribution in [0.4, 0.5) is 4.39 Å². The predicted octanol–water partition coefficient (Wildman–Crippen LogP) is 5.83. The maximum Gasteiger partial charge on any atom is 0.243 e. The third kappa shape index (κ3) is 4.99. The highest BCUT2D eigenvalue weighted by atomic mass is 32.2. The number of sulfonamides is 1. The van der Waals surface area contributed by atoms with E-state index < -0.39 is 21.3 Å². The molecule has 0 unspecified atom stereocenters. The van der Waals surface area contributed by atoms with Gasteiger partial charge in [0.1, 0.15) is 11.6 Å². The number of carbonyl (C=O) groups excluding carboxylic acids is 1. The number of nitrogens with one attached hydrogen (secondary N) is 1. The second-order valence-electron chi connectivity index (χ2n) is 10.0. The first-order valence-electron chi connectivity index (χ1n) is 12.3. The number of halogens is 1. The average molecular weight is 488 g/mol. The lowest BCUT2D eigenvalue weighted by Gasteiger charge is -2.30. The monoisotopic (exact) mass is 487 g/mol. The highest BCUT2D eigenvalue weighted by molar-refractivity contribution is 7.90. The fourth-order valence-electron chi connectivity index (χ4n) is 4.77. The summed E-state index contributed by atoms with van der Waals surface area (Å²) >= 11 is 0. The van der Waals surface area contributed by atoms with E-state index in [0.29, 0.717) is 16.9 Å². The van der Waals surface area contributed by atoms with E-state index in [9.17, 15) is 13.2 Å². The Morgan fingerprint density at radius 3 is 2.38 bits per heavy atom. The van der Waals surface area contributed by atoms with Crippen LogP contribution in [0.25, 0.3) is 11.1 Å². The molecule has 7 heteroatoms. The minimum Gasteiger partial charge on any atom is -0.490 e. The quantitative estimate of drug-likeness (QED) is 0.509. The van der Waals surface area contributed by atoms with E-state index in [1.807, 2.05) is 24.3 Å². The van der Waals surface area contributed by atoms with Gasteiger partial charge in [-0.3, -0.25) is 9.52 Å². The van der Waals surface area contributed by atoms with Crippen LogP contribution in [0.2, 0.25) is 0 Å². The van der Waals surface area contributed by atoms with Crippen LogP contribution in [-0.4, -0.2) is 26.2 Å². The zero-order valence-corrected chi connectivity index (χ0v) is 21.0. The molecule has 0 aromatic heterocycles. The van der Waals surface area contributed by atoms with E-state index in [1.54, 1.807) is 19.9 Å². The van der Waals surface area contributed by atoms with E-state index in [2.05, 4.69) is 4.72 Å². The minimum absolute atomic E-state index is 0.122. The summed E-state index contributed by atoms with van der Waals surface area (Å²) < 4.78 is 47.7. The lowest BCUT2D eigenvalue weighted by molar-refractivity contribution is -0.123. The number of benzene rings is 2. The lowest BCUT2D eigenvalue weighted by atomic mass is 9.76. The number of hydrogen-bond acceptors (Lipinski definition) is 4. The molecular weight excluding hydrogens is 453 g/mol. The van der Waals surface area contributed by atoms with Crippen molar-refractivity contribution in [1.82, 2.24) is 4.72 Å². The fourth-order valence-corrected chi connectivity index (χ4v) is 5.46. The number of rotatable bonds is 8. The van der Waals surface area contributed by atoms with Gasteiger partial charge >= 0.3 is 0 Å². The standard InChI is InChI=1S/C27H34FNO4S/c1-4-34(31,32)29-26(30)27(2,3)19-15-16-24(33-20-11-5-6-12-20)22(17-19)21-13-8-14-23(28)25(21)18-9-7-10-18/h8,13-18,20H,4-7,9-12H2,1-3H3,(H,29,30). The van der Waals surface area contributed by atoms with Crippen molar-refractivity contribution in [2.24, 2.45) is 0 Å². The van der Waals surface area contributed by atoms with Crippen molar-refractivity contribution in [2.75, 3.05) is 5.75 Å². The zero-order valence-electron chi connectivity index (χ0n) is 20.2. The van der Waals surface area contributed by atoms with Crippen molar-refractivity contribution in [3.05, 3.63) is 53.3 Å². The maximum atomic E-state index is 15.1. The summed E-state index contributed by atoms with van der Waals surface area (Å²) in [5, 5.41) is 0. The highest BCUT2D eigenvalue weighted by Crippen LogP contribution is 2.45. The van der Waals surface area contributed by atoms with Gasteiger partial charge in [0, 0.05) is 5.56 Å². The van der Waals surface area contributed by atoms with Crippen molar-refractivity contribution in [3.8, 4) is 16.9 Å². The molecule has 2 saturated carbocycles. The van der Waals surface area contributed by atoms with Crippen molar-refractivity contribution < 1.29 is 22.3 Å². The van der Waals surface area contributed by atoms with E-state index in [1.165, 1.54) is 13.0 Å². The van der Waals surface area contributed by atoms with Crippen molar-refractivity contribution in [1.29, 1.82) is 0 Å². The molecule has 0 radical (unpaired) electrons. The van der Waals surface area contributed by atoms with Crippen molar-refractivity contribution in [3.63, 3.8) is 0 Å². The van der Waals surface area contributed by atoms with Gasteiger partial charge in [-0.15, -0.1) is 0 Å². The molecule has 2 fully saturated rings. The van der Waals surface area contributed by atoms with Crippen molar-refractivity contribution in [2.45, 2.75) is 83.2 Å². The molecule has 34 heavy (non-hydrogen) atoms. The summed E-state index contributed by atoms with van der Waals surface area (Å²) in [5.41, 5.74) is 1.78. The van der Waals surface area contributed by atoms with Crippen LogP contribution in [0.15, 0.2) is 36.4 Å². The molecule has 2 aromatic carbocycles. The Morgan fingerprint density at radius 2 is 1.76 bits per heavy atom. The average Bonchev–Trinajstić information content (AvgIpc) is 3.27. The van der Waals surface area contributed by atoms with E-state index in [-0.39, 0.29) is 23.6 Å². The number of ether oxygens (including phenoxy) is 1. The van der Waals surface area contributed by atoms with Gasteiger partial charge in [0.2, 0.25) is 15.9 Å². The van der Waals surface area contributed by atoms with E-state index in [0.717, 1.165) is 56.1 Å². The normalized spacial score (nSPS) is 17.4. The smallest absolute Gasteiger partial charge is 0.243 e. The molecule has 1 N–H and O–H groups in total. The molecule has 2 aliphatic carbocycles. The Bertz CT molecular complexity index is 1170. The topological polar surface area (TPSA) is 72.5 Å². The Labute approximate surface area is 202 Å². The third-order valence-electron chi connectivity index (χ3n) is 7.35. The van der Waals surface area contributed by atoms with Crippen LogP contribution in [0.3, 0.4) is 0 Å². The molecule has 2 aliphatic rings. The summed E-state index contributed by atoms with van der Waals surface area (Å²) in [5.74, 6) is -0.138. The summed E-state index contributed by atoms with van der Waals surface area (Å²) in [7, 11) is -3.69. The van der Waals surface area contributed by atoms with E-state index in [4.69, 9.17) is 4.74 Å². The van der Waals surface area contributed by atoms with Crippen LogP contribution in [-0.2, 0) is 20.2 Å². The second kappa shape index (κ2) is 9.68. The first kappa shape index (κ1) is 24.7. The van der Waals surface area contributed by atoms with Gasteiger partial charge in [0.25, 0.3) is 0 Å². The molecule has 184 valence electrons. The first-order chi connectivity index (χ1) is 16.1. The van der Waals surface area contributed by atoms with E-state index >= 15 is 4.39 Å². The second-order valence-corrected chi connectivity index (χ2v) is 12.0. The predicted molar refractivity (Wildman–Crippen MR) is 132 cm³/mol. The molecular formula is C27H34FNO4S. The van der Waals surface area contributed by atoms with Crippen LogP contribution in [0.1, 0.15) is 82.8 Å². The molecule has 4 rings (SSSR count).